The maximum absolute atomic E-state index is 13.0. The van der Waals surface area contributed by atoms with Crippen molar-refractivity contribution in [1.82, 2.24) is 9.88 Å². The summed E-state index contributed by atoms with van der Waals surface area (Å²) in [6.07, 6.45) is 1.40. The largest absolute Gasteiger partial charge is 0.437 e. The van der Waals surface area contributed by atoms with Crippen LogP contribution in [0, 0.1) is 5.82 Å². The predicted octanol–water partition coefficient (Wildman–Crippen LogP) is 2.89. The van der Waals surface area contributed by atoms with E-state index in [1.165, 1.54) is 29.2 Å². The van der Waals surface area contributed by atoms with Crippen LogP contribution in [0.15, 0.2) is 42.6 Å². The summed E-state index contributed by atoms with van der Waals surface area (Å²) in [6.45, 7) is 1.97. The molecule has 1 aromatic carbocycles. The molecule has 138 valence electrons. The lowest BCUT2D eigenvalue weighted by atomic mass is 10.3. The number of pyridine rings is 1. The molecule has 2 aromatic rings. The van der Waals surface area contributed by atoms with E-state index >= 15 is 0 Å². The number of nitrogens with zero attached hydrogens (tertiary/aromatic N) is 2. The summed E-state index contributed by atoms with van der Waals surface area (Å²) in [7, 11) is 1.67. The number of anilines is 1. The molecule has 8 heteroatoms. The van der Waals surface area contributed by atoms with Crippen molar-refractivity contribution < 1.29 is 23.4 Å². The fourth-order valence-corrected chi connectivity index (χ4v) is 2.42. The van der Waals surface area contributed by atoms with Crippen molar-refractivity contribution in [3.8, 4) is 11.6 Å². The minimum absolute atomic E-state index is 0.150. The summed E-state index contributed by atoms with van der Waals surface area (Å²) in [6, 6.07) is 8.59. The van der Waals surface area contributed by atoms with E-state index < -0.39 is 0 Å². The van der Waals surface area contributed by atoms with Crippen LogP contribution in [0.25, 0.3) is 0 Å². The Morgan fingerprint density at radius 2 is 2.15 bits per heavy atom. The molecule has 7 nitrogen and oxygen atoms in total. The van der Waals surface area contributed by atoms with E-state index in [1.807, 2.05) is 0 Å². The Balaban J connectivity index is 1.63. The Labute approximate surface area is 150 Å². The molecule has 1 saturated heterocycles. The number of nitrogens with one attached hydrogen (secondary N) is 1. The van der Waals surface area contributed by atoms with E-state index in [4.69, 9.17) is 14.2 Å². The Bertz CT molecular complexity index is 735. The number of hydrogen-bond donors (Lipinski definition) is 1. The molecule has 0 unspecified atom stereocenters. The third kappa shape index (κ3) is 4.90. The summed E-state index contributed by atoms with van der Waals surface area (Å²) in [5.41, 5.74) is 0.412. The number of amides is 2. The molecule has 3 rings (SSSR count). The normalized spacial score (nSPS) is 16.8. The fourth-order valence-electron chi connectivity index (χ4n) is 2.42. The first kappa shape index (κ1) is 18.1. The van der Waals surface area contributed by atoms with Crippen molar-refractivity contribution >= 4 is 11.7 Å². The van der Waals surface area contributed by atoms with Gasteiger partial charge in [-0.05, 0) is 36.4 Å². The highest BCUT2D eigenvalue weighted by Crippen LogP contribution is 2.27. The molecular formula is C18H20FN3O4. The molecule has 0 aliphatic carbocycles. The van der Waals surface area contributed by atoms with E-state index in [0.29, 0.717) is 37.8 Å². The van der Waals surface area contributed by atoms with Gasteiger partial charge in [0.05, 0.1) is 32.5 Å². The van der Waals surface area contributed by atoms with Gasteiger partial charge in [-0.1, -0.05) is 0 Å². The Kier molecular flexibility index (Phi) is 5.98. The lowest BCUT2D eigenvalue weighted by molar-refractivity contribution is -0.0925. The monoisotopic (exact) mass is 361 g/mol. The molecule has 1 aliphatic rings. The Hall–Kier alpha value is -2.71. The Morgan fingerprint density at radius 1 is 1.35 bits per heavy atom. The molecule has 0 spiro atoms. The first-order chi connectivity index (χ1) is 12.6. The highest BCUT2D eigenvalue weighted by atomic mass is 19.1. The van der Waals surface area contributed by atoms with E-state index in [1.54, 1.807) is 25.4 Å². The van der Waals surface area contributed by atoms with Gasteiger partial charge in [0.2, 0.25) is 5.88 Å². The van der Waals surface area contributed by atoms with Crippen LogP contribution in [0.4, 0.5) is 14.9 Å². The molecule has 1 aromatic heterocycles. The van der Waals surface area contributed by atoms with Crippen molar-refractivity contribution in [2.24, 2.45) is 0 Å². The topological polar surface area (TPSA) is 72.9 Å². The number of carbonyl (C=O) groups is 1. The summed E-state index contributed by atoms with van der Waals surface area (Å²) < 4.78 is 29.5. The second-order valence-electron chi connectivity index (χ2n) is 5.79. The number of likely N-dealkylation sites (N-methyl/N-ethyl adjacent to an activating group) is 1. The summed E-state index contributed by atoms with van der Waals surface area (Å²) in [4.78, 5) is 18.1. The maximum Gasteiger partial charge on any atom is 0.321 e. The average Bonchev–Trinajstić information content (AvgIpc) is 2.66. The van der Waals surface area contributed by atoms with Crippen LogP contribution in [0.1, 0.15) is 0 Å². The van der Waals surface area contributed by atoms with Crippen LogP contribution in [-0.4, -0.2) is 55.4 Å². The SMILES string of the molecule is CN(C[C@@H]1COCCO1)C(=O)Nc1cccnc1Oc1ccc(F)cc1. The molecule has 26 heavy (non-hydrogen) atoms. The molecule has 2 heterocycles. The van der Waals surface area contributed by atoms with E-state index in [0.717, 1.165) is 0 Å². The standard InChI is InChI=1S/C18H20FN3O4/c1-22(11-15-12-24-9-10-25-15)18(23)21-16-3-2-8-20-17(16)26-14-6-4-13(19)5-7-14/h2-8,15H,9-12H2,1H3,(H,21,23)/t15-/m1/s1. The number of ether oxygens (including phenoxy) is 3. The molecule has 1 atom stereocenters. The van der Waals surface area contributed by atoms with Gasteiger partial charge in [0.15, 0.2) is 0 Å². The zero-order valence-electron chi connectivity index (χ0n) is 14.4. The van der Waals surface area contributed by atoms with E-state index in [9.17, 15) is 9.18 Å². The zero-order chi connectivity index (χ0) is 18.4. The smallest absolute Gasteiger partial charge is 0.321 e. The van der Waals surface area contributed by atoms with Crippen LogP contribution >= 0.6 is 0 Å². The number of carbonyl (C=O) groups excluding carboxylic acids is 1. The quantitative estimate of drug-likeness (QED) is 0.887. The molecule has 0 bridgehead atoms. The van der Waals surface area contributed by atoms with Crippen molar-refractivity contribution in [1.29, 1.82) is 0 Å². The molecule has 2 amide bonds. The van der Waals surface area contributed by atoms with Gasteiger partial charge in [0, 0.05) is 13.2 Å². The van der Waals surface area contributed by atoms with Gasteiger partial charge in [-0.25, -0.2) is 14.2 Å². The fraction of sp³-hybridized carbons (Fsp3) is 0.333. The van der Waals surface area contributed by atoms with Gasteiger partial charge >= 0.3 is 6.03 Å². The lowest BCUT2D eigenvalue weighted by Gasteiger charge is -2.27. The van der Waals surface area contributed by atoms with Crippen LogP contribution < -0.4 is 10.1 Å². The number of hydrogen-bond acceptors (Lipinski definition) is 5. The highest BCUT2D eigenvalue weighted by molar-refractivity contribution is 5.90. The van der Waals surface area contributed by atoms with Gasteiger partial charge in [-0.2, -0.15) is 0 Å². The van der Waals surface area contributed by atoms with Gasteiger partial charge in [0.25, 0.3) is 0 Å². The predicted molar refractivity (Wildman–Crippen MR) is 92.9 cm³/mol. The lowest BCUT2D eigenvalue weighted by Crippen LogP contribution is -2.42. The maximum atomic E-state index is 13.0. The van der Waals surface area contributed by atoms with Gasteiger partial charge < -0.3 is 24.4 Å². The van der Waals surface area contributed by atoms with E-state index in [-0.39, 0.29) is 23.8 Å². The summed E-state index contributed by atoms with van der Waals surface area (Å²) >= 11 is 0. The first-order valence-electron chi connectivity index (χ1n) is 8.22. The highest BCUT2D eigenvalue weighted by Gasteiger charge is 2.20. The van der Waals surface area contributed by atoms with Crippen LogP contribution in [0.5, 0.6) is 11.6 Å². The molecule has 0 saturated carbocycles. The van der Waals surface area contributed by atoms with E-state index in [2.05, 4.69) is 10.3 Å². The van der Waals surface area contributed by atoms with Crippen molar-refractivity contribution in [2.75, 3.05) is 38.7 Å². The zero-order valence-corrected chi connectivity index (χ0v) is 14.4. The van der Waals surface area contributed by atoms with Crippen LogP contribution in [0.3, 0.4) is 0 Å². The number of rotatable bonds is 5. The summed E-state index contributed by atoms with van der Waals surface area (Å²) in [5, 5.41) is 2.76. The van der Waals surface area contributed by atoms with Crippen LogP contribution in [0.2, 0.25) is 0 Å². The van der Waals surface area contributed by atoms with Gasteiger partial charge in [-0.3, -0.25) is 0 Å². The second-order valence-corrected chi connectivity index (χ2v) is 5.79. The first-order valence-corrected chi connectivity index (χ1v) is 8.22. The molecule has 1 aliphatic heterocycles. The molecule has 0 radical (unpaired) electrons. The van der Waals surface area contributed by atoms with Gasteiger partial charge in [0.1, 0.15) is 17.3 Å². The number of aromatic nitrogens is 1. The molecular weight excluding hydrogens is 341 g/mol. The van der Waals surface area contributed by atoms with Crippen molar-refractivity contribution in [3.63, 3.8) is 0 Å². The third-order valence-corrected chi connectivity index (χ3v) is 3.75. The minimum Gasteiger partial charge on any atom is -0.437 e. The molecule has 1 fully saturated rings. The van der Waals surface area contributed by atoms with Crippen molar-refractivity contribution in [2.45, 2.75) is 6.10 Å². The second kappa shape index (κ2) is 8.59. The third-order valence-electron chi connectivity index (χ3n) is 3.75. The number of urea groups is 1. The summed E-state index contributed by atoms with van der Waals surface area (Å²) in [5.74, 6) is 0.280. The minimum atomic E-state index is -0.359. The number of halogens is 1. The Morgan fingerprint density at radius 3 is 2.88 bits per heavy atom. The molecule has 1 N–H and O–H groups in total. The number of benzene rings is 1. The average molecular weight is 361 g/mol. The van der Waals surface area contributed by atoms with Gasteiger partial charge in [-0.15, -0.1) is 0 Å². The van der Waals surface area contributed by atoms with Crippen molar-refractivity contribution in [3.05, 3.63) is 48.4 Å². The van der Waals surface area contributed by atoms with Crippen LogP contribution in [-0.2, 0) is 9.47 Å².